The summed E-state index contributed by atoms with van der Waals surface area (Å²) in [4.78, 5) is 32.6. The van der Waals surface area contributed by atoms with Gasteiger partial charge in [0.1, 0.15) is 6.10 Å². The molecule has 0 fully saturated rings. The maximum Gasteiger partial charge on any atom is 0.412 e. The molecule has 0 heterocycles. The third-order valence-corrected chi connectivity index (χ3v) is 3.81. The van der Waals surface area contributed by atoms with Gasteiger partial charge in [0.2, 0.25) is 0 Å². The highest BCUT2D eigenvalue weighted by molar-refractivity contribution is 5.86. The minimum atomic E-state index is -0.838. The van der Waals surface area contributed by atoms with Crippen LogP contribution in [0.1, 0.15) is 37.9 Å². The lowest BCUT2D eigenvalue weighted by atomic mass is 10.0. The Kier molecular flexibility index (Phi) is 6.81. The quantitative estimate of drug-likeness (QED) is 0.514. The van der Waals surface area contributed by atoms with E-state index in [1.54, 1.807) is 0 Å². The van der Waals surface area contributed by atoms with Gasteiger partial charge in [0.25, 0.3) is 11.4 Å². The highest BCUT2D eigenvalue weighted by Crippen LogP contribution is 2.27. The van der Waals surface area contributed by atoms with Crippen molar-refractivity contribution in [3.8, 4) is 0 Å². The maximum absolute atomic E-state index is 12.2. The Hall–Kier alpha value is -3.49. The fourth-order valence-electron chi connectivity index (χ4n) is 2.51. The first-order valence-corrected chi connectivity index (χ1v) is 8.37. The Balaban J connectivity index is 2.17. The van der Waals surface area contributed by atoms with Crippen molar-refractivity contribution in [3.05, 3.63) is 74.3 Å². The Morgan fingerprint density at radius 3 is 2.19 bits per heavy atom. The number of non-ortho nitro benzene ring substituents is 2. The van der Waals surface area contributed by atoms with Gasteiger partial charge in [0, 0.05) is 12.1 Å². The predicted octanol–water partition coefficient (Wildman–Crippen LogP) is 4.98. The molecule has 0 aromatic heterocycles. The third kappa shape index (κ3) is 5.77. The minimum absolute atomic E-state index is 0.0804. The Labute approximate surface area is 155 Å². The molecule has 2 rings (SSSR count). The molecule has 9 nitrogen and oxygen atoms in total. The Morgan fingerprint density at radius 2 is 1.67 bits per heavy atom. The highest BCUT2D eigenvalue weighted by atomic mass is 16.6. The minimum Gasteiger partial charge on any atom is -0.441 e. The smallest absolute Gasteiger partial charge is 0.412 e. The summed E-state index contributed by atoms with van der Waals surface area (Å²) in [5.41, 5.74) is -0.246. The number of hydrogen-bond acceptors (Lipinski definition) is 6. The number of nitro benzene ring substituents is 2. The number of amides is 1. The van der Waals surface area contributed by atoms with E-state index in [4.69, 9.17) is 4.74 Å². The number of benzene rings is 2. The Bertz CT molecular complexity index is 793. The van der Waals surface area contributed by atoms with Gasteiger partial charge >= 0.3 is 6.09 Å². The summed E-state index contributed by atoms with van der Waals surface area (Å²) >= 11 is 0. The molecule has 0 radical (unpaired) electrons. The Morgan fingerprint density at radius 1 is 1.07 bits per heavy atom. The molecule has 142 valence electrons. The average molecular weight is 373 g/mol. The summed E-state index contributed by atoms with van der Waals surface area (Å²) in [5, 5.41) is 24.2. The average Bonchev–Trinajstić information content (AvgIpc) is 2.65. The summed E-state index contributed by atoms with van der Waals surface area (Å²) in [7, 11) is 0. The lowest BCUT2D eigenvalue weighted by Crippen LogP contribution is -2.18. The van der Waals surface area contributed by atoms with Crippen LogP contribution in [-0.4, -0.2) is 15.9 Å². The van der Waals surface area contributed by atoms with E-state index in [0.29, 0.717) is 6.42 Å². The molecule has 0 aliphatic heterocycles. The molecule has 1 amide bonds. The van der Waals surface area contributed by atoms with Crippen molar-refractivity contribution >= 4 is 23.2 Å². The van der Waals surface area contributed by atoms with E-state index in [1.165, 1.54) is 0 Å². The van der Waals surface area contributed by atoms with Gasteiger partial charge in [0.05, 0.1) is 21.6 Å². The monoisotopic (exact) mass is 373 g/mol. The van der Waals surface area contributed by atoms with Crippen molar-refractivity contribution in [2.75, 3.05) is 5.32 Å². The number of nitrogens with one attached hydrogen (secondary N) is 1. The van der Waals surface area contributed by atoms with Gasteiger partial charge in [0.15, 0.2) is 0 Å². The van der Waals surface area contributed by atoms with Crippen molar-refractivity contribution in [1.29, 1.82) is 0 Å². The van der Waals surface area contributed by atoms with Gasteiger partial charge in [-0.2, -0.15) is 0 Å². The first-order chi connectivity index (χ1) is 12.9. The molecule has 1 atom stereocenters. The molecular weight excluding hydrogens is 354 g/mol. The van der Waals surface area contributed by atoms with Gasteiger partial charge in [-0.25, -0.2) is 4.79 Å². The molecule has 2 aromatic carbocycles. The molecule has 0 bridgehead atoms. The van der Waals surface area contributed by atoms with E-state index < -0.39 is 33.4 Å². The van der Waals surface area contributed by atoms with E-state index in [2.05, 4.69) is 5.32 Å². The lowest BCUT2D eigenvalue weighted by Gasteiger charge is -2.18. The molecular formula is C18H19N3O6. The molecule has 0 saturated heterocycles. The SMILES string of the molecule is CCCCC(OC(=O)Nc1cc([N+](=O)[O-])cc([N+](=O)[O-])c1)c1ccccc1. The second-order valence-electron chi connectivity index (χ2n) is 5.82. The number of carbonyl (C=O) groups excluding carboxylic acids is 1. The molecule has 9 heteroatoms. The number of nitro groups is 2. The van der Waals surface area contributed by atoms with Crippen molar-refractivity contribution < 1.29 is 19.4 Å². The third-order valence-electron chi connectivity index (χ3n) is 3.81. The number of anilines is 1. The second-order valence-corrected chi connectivity index (χ2v) is 5.82. The largest absolute Gasteiger partial charge is 0.441 e. The number of hydrogen-bond donors (Lipinski definition) is 1. The first kappa shape index (κ1) is 19.8. The number of nitrogens with zero attached hydrogens (tertiary/aromatic N) is 2. The zero-order valence-corrected chi connectivity index (χ0v) is 14.7. The summed E-state index contributed by atoms with van der Waals surface area (Å²) in [6, 6.07) is 12.1. The van der Waals surface area contributed by atoms with Crippen LogP contribution in [0.3, 0.4) is 0 Å². The van der Waals surface area contributed by atoms with E-state index >= 15 is 0 Å². The van der Waals surface area contributed by atoms with E-state index in [1.807, 2.05) is 37.3 Å². The number of unbranched alkanes of at least 4 members (excludes halogenated alkanes) is 1. The topological polar surface area (TPSA) is 125 Å². The van der Waals surface area contributed by atoms with Gasteiger partial charge in [-0.05, 0) is 18.4 Å². The zero-order chi connectivity index (χ0) is 19.8. The second kappa shape index (κ2) is 9.27. The standard InChI is InChI=1S/C18H19N3O6/c1-2-3-9-17(13-7-5-4-6-8-13)27-18(22)19-14-10-15(20(23)24)12-16(11-14)21(25)26/h4-8,10-12,17H,2-3,9H2,1H3,(H,19,22). The highest BCUT2D eigenvalue weighted by Gasteiger charge is 2.20. The molecule has 1 unspecified atom stereocenters. The summed E-state index contributed by atoms with van der Waals surface area (Å²) < 4.78 is 5.45. The maximum atomic E-state index is 12.2. The van der Waals surface area contributed by atoms with Crippen LogP contribution in [0.5, 0.6) is 0 Å². The van der Waals surface area contributed by atoms with Gasteiger partial charge in [-0.15, -0.1) is 0 Å². The van der Waals surface area contributed by atoms with E-state index in [-0.39, 0.29) is 5.69 Å². The van der Waals surface area contributed by atoms with Crippen LogP contribution < -0.4 is 5.32 Å². The van der Waals surface area contributed by atoms with Crippen molar-refractivity contribution in [2.24, 2.45) is 0 Å². The van der Waals surface area contributed by atoms with Crippen LogP contribution in [-0.2, 0) is 4.74 Å². The van der Waals surface area contributed by atoms with Crippen molar-refractivity contribution in [3.63, 3.8) is 0 Å². The normalized spacial score (nSPS) is 11.4. The lowest BCUT2D eigenvalue weighted by molar-refractivity contribution is -0.394. The number of carbonyl (C=O) groups is 1. The molecule has 0 aliphatic rings. The van der Waals surface area contributed by atoms with Crippen LogP contribution in [0.2, 0.25) is 0 Å². The molecule has 2 aromatic rings. The summed E-state index contributed by atoms with van der Waals surface area (Å²) in [6.45, 7) is 2.02. The van der Waals surface area contributed by atoms with E-state index in [9.17, 15) is 25.0 Å². The molecule has 27 heavy (non-hydrogen) atoms. The fraction of sp³-hybridized carbons (Fsp3) is 0.278. The van der Waals surface area contributed by atoms with Crippen molar-refractivity contribution in [1.82, 2.24) is 0 Å². The fourth-order valence-corrected chi connectivity index (χ4v) is 2.51. The molecule has 0 spiro atoms. The van der Waals surface area contributed by atoms with Crippen LogP contribution in [0.25, 0.3) is 0 Å². The van der Waals surface area contributed by atoms with Crippen LogP contribution >= 0.6 is 0 Å². The first-order valence-electron chi connectivity index (χ1n) is 8.37. The van der Waals surface area contributed by atoms with Gasteiger partial charge in [-0.3, -0.25) is 25.5 Å². The molecule has 0 saturated carbocycles. The molecule has 0 aliphatic carbocycles. The van der Waals surface area contributed by atoms with Crippen LogP contribution in [0, 0.1) is 20.2 Å². The summed E-state index contributed by atoms with van der Waals surface area (Å²) in [5.74, 6) is 0. The number of ether oxygens (including phenoxy) is 1. The van der Waals surface area contributed by atoms with Gasteiger partial charge in [-0.1, -0.05) is 43.7 Å². The predicted molar refractivity (Wildman–Crippen MR) is 98.6 cm³/mol. The molecule has 1 N–H and O–H groups in total. The van der Waals surface area contributed by atoms with Gasteiger partial charge < -0.3 is 4.74 Å². The summed E-state index contributed by atoms with van der Waals surface area (Å²) in [6.07, 6.45) is 1.05. The van der Waals surface area contributed by atoms with Crippen LogP contribution in [0.4, 0.5) is 21.9 Å². The van der Waals surface area contributed by atoms with Crippen LogP contribution in [0.15, 0.2) is 48.5 Å². The number of rotatable bonds is 8. The van der Waals surface area contributed by atoms with E-state index in [0.717, 1.165) is 36.6 Å². The van der Waals surface area contributed by atoms with Crippen molar-refractivity contribution in [2.45, 2.75) is 32.3 Å². The zero-order valence-electron chi connectivity index (χ0n) is 14.7.